The van der Waals surface area contributed by atoms with Crippen molar-refractivity contribution in [3.63, 3.8) is 0 Å². The van der Waals surface area contributed by atoms with Crippen LogP contribution in [0.4, 0.5) is 0 Å². The molecule has 112 valence electrons. The molecule has 0 amide bonds. The predicted octanol–water partition coefficient (Wildman–Crippen LogP) is 3.43. The zero-order chi connectivity index (χ0) is 15.8. The van der Waals surface area contributed by atoms with Gasteiger partial charge in [-0.05, 0) is 30.2 Å². The van der Waals surface area contributed by atoms with Crippen molar-refractivity contribution in [1.29, 1.82) is 0 Å². The van der Waals surface area contributed by atoms with Crippen molar-refractivity contribution in [2.24, 2.45) is 0 Å². The van der Waals surface area contributed by atoms with Crippen LogP contribution in [0, 0.1) is 6.92 Å². The molecule has 0 spiro atoms. The number of allylic oxidation sites excluding steroid dienone is 1. The van der Waals surface area contributed by atoms with Crippen LogP contribution in [0.15, 0.2) is 59.4 Å². The highest BCUT2D eigenvalue weighted by Crippen LogP contribution is 2.19. The molecule has 2 heterocycles. The van der Waals surface area contributed by atoms with Gasteiger partial charge in [-0.2, -0.15) is 0 Å². The second kappa shape index (κ2) is 5.48. The van der Waals surface area contributed by atoms with Gasteiger partial charge in [-0.1, -0.05) is 66.0 Å². The summed E-state index contributed by atoms with van der Waals surface area (Å²) in [5.74, 6) is 0. The molecule has 0 fully saturated rings. The molecule has 4 aromatic rings. The number of aromatic nitrogens is 2. The van der Waals surface area contributed by atoms with Gasteiger partial charge < -0.3 is 0 Å². The maximum Gasteiger partial charge on any atom is 0.274 e. The van der Waals surface area contributed by atoms with E-state index in [9.17, 15) is 4.79 Å². The van der Waals surface area contributed by atoms with Gasteiger partial charge in [0.25, 0.3) is 5.56 Å². The van der Waals surface area contributed by atoms with Crippen molar-refractivity contribution < 1.29 is 0 Å². The Kier molecular flexibility index (Phi) is 3.32. The third-order valence-electron chi connectivity index (χ3n) is 3.81. The van der Waals surface area contributed by atoms with E-state index in [4.69, 9.17) is 0 Å². The van der Waals surface area contributed by atoms with Crippen LogP contribution in [-0.4, -0.2) is 9.38 Å². The lowest BCUT2D eigenvalue weighted by Gasteiger charge is -1.92. The normalized spacial score (nSPS) is 12.8. The van der Waals surface area contributed by atoms with Crippen molar-refractivity contribution in [3.05, 3.63) is 80.6 Å². The average molecular weight is 318 g/mol. The van der Waals surface area contributed by atoms with E-state index < -0.39 is 0 Å². The van der Waals surface area contributed by atoms with E-state index in [-0.39, 0.29) is 5.56 Å². The minimum absolute atomic E-state index is 0.00388. The summed E-state index contributed by atoms with van der Waals surface area (Å²) in [5, 5.41) is 0. The zero-order valence-electron chi connectivity index (χ0n) is 12.6. The molecular formula is C19H14N2OS. The number of rotatable bonds is 2. The Morgan fingerprint density at radius 2 is 1.91 bits per heavy atom. The van der Waals surface area contributed by atoms with E-state index in [0.717, 1.165) is 27.1 Å². The molecular weight excluding hydrogens is 304 g/mol. The van der Waals surface area contributed by atoms with Crippen LogP contribution in [0.25, 0.3) is 28.1 Å². The van der Waals surface area contributed by atoms with Crippen molar-refractivity contribution in [3.8, 4) is 0 Å². The van der Waals surface area contributed by atoms with Crippen LogP contribution < -0.4 is 10.1 Å². The van der Waals surface area contributed by atoms with E-state index in [1.165, 1.54) is 11.3 Å². The number of thiazole rings is 1. The first-order valence-electron chi connectivity index (χ1n) is 7.38. The summed E-state index contributed by atoms with van der Waals surface area (Å²) in [6.07, 6.45) is 5.76. The van der Waals surface area contributed by atoms with Crippen LogP contribution in [0.2, 0.25) is 0 Å². The molecule has 0 N–H and O–H groups in total. The Morgan fingerprint density at radius 1 is 1.09 bits per heavy atom. The van der Waals surface area contributed by atoms with Crippen molar-refractivity contribution in [2.45, 2.75) is 6.92 Å². The minimum atomic E-state index is -0.00388. The zero-order valence-corrected chi connectivity index (χ0v) is 13.4. The standard InChI is InChI=1S/C19H14N2OS/c1-13-7-5-11-15-17(13)20-19-21(15)18(22)16(23-19)12-6-10-14-8-3-2-4-9-14/h2-12H,1H3/b10-6+,16-12-. The average Bonchev–Trinajstić information content (AvgIpc) is 3.07. The van der Waals surface area contributed by atoms with Crippen LogP contribution in [0.1, 0.15) is 11.1 Å². The van der Waals surface area contributed by atoms with Gasteiger partial charge in [-0.25, -0.2) is 9.38 Å². The molecule has 0 unspecified atom stereocenters. The van der Waals surface area contributed by atoms with E-state index in [1.54, 1.807) is 4.40 Å². The van der Waals surface area contributed by atoms with Crippen molar-refractivity contribution in [2.75, 3.05) is 0 Å². The number of para-hydroxylation sites is 1. The largest absolute Gasteiger partial charge is 0.274 e. The summed E-state index contributed by atoms with van der Waals surface area (Å²) < 4.78 is 2.40. The van der Waals surface area contributed by atoms with Crippen LogP contribution in [0.3, 0.4) is 0 Å². The highest BCUT2D eigenvalue weighted by molar-refractivity contribution is 7.15. The van der Waals surface area contributed by atoms with Crippen molar-refractivity contribution >= 4 is 39.5 Å². The molecule has 0 aliphatic rings. The van der Waals surface area contributed by atoms with Crippen LogP contribution >= 0.6 is 11.3 Å². The number of hydrogen-bond acceptors (Lipinski definition) is 3. The second-order valence-electron chi connectivity index (χ2n) is 5.38. The first kappa shape index (κ1) is 13.9. The van der Waals surface area contributed by atoms with Gasteiger partial charge in [0.1, 0.15) is 0 Å². The number of hydrogen-bond donors (Lipinski definition) is 0. The molecule has 0 atom stereocenters. The highest BCUT2D eigenvalue weighted by atomic mass is 32.1. The number of nitrogens with zero attached hydrogens (tertiary/aromatic N) is 2. The van der Waals surface area contributed by atoms with Crippen LogP contribution in [-0.2, 0) is 0 Å². The SMILES string of the molecule is Cc1cccc2c1nc1s/c(=C\C=C\c3ccccc3)c(=O)n12. The summed E-state index contributed by atoms with van der Waals surface area (Å²) in [4.78, 5) is 18.0. The third kappa shape index (κ3) is 2.37. The summed E-state index contributed by atoms with van der Waals surface area (Å²) in [6, 6.07) is 15.9. The lowest BCUT2D eigenvalue weighted by molar-refractivity contribution is 1.19. The topological polar surface area (TPSA) is 34.4 Å². The fraction of sp³-hybridized carbons (Fsp3) is 0.0526. The summed E-state index contributed by atoms with van der Waals surface area (Å²) >= 11 is 1.43. The fourth-order valence-corrected chi connectivity index (χ4v) is 3.58. The fourth-order valence-electron chi connectivity index (χ4n) is 2.65. The van der Waals surface area contributed by atoms with Crippen molar-refractivity contribution in [1.82, 2.24) is 9.38 Å². The van der Waals surface area contributed by atoms with E-state index >= 15 is 0 Å². The lowest BCUT2D eigenvalue weighted by Crippen LogP contribution is -2.22. The molecule has 0 aliphatic heterocycles. The van der Waals surface area contributed by atoms with Gasteiger partial charge in [0.15, 0.2) is 4.96 Å². The maximum absolute atomic E-state index is 12.6. The van der Waals surface area contributed by atoms with E-state index in [0.29, 0.717) is 4.53 Å². The molecule has 23 heavy (non-hydrogen) atoms. The monoisotopic (exact) mass is 318 g/mol. The third-order valence-corrected chi connectivity index (χ3v) is 4.79. The first-order valence-corrected chi connectivity index (χ1v) is 8.20. The molecule has 4 rings (SSSR count). The number of imidazole rings is 1. The molecule has 0 aliphatic carbocycles. The predicted molar refractivity (Wildman–Crippen MR) is 96.7 cm³/mol. The second-order valence-corrected chi connectivity index (χ2v) is 6.39. The molecule has 2 aromatic heterocycles. The smallest absolute Gasteiger partial charge is 0.267 e. The van der Waals surface area contributed by atoms with Gasteiger partial charge >= 0.3 is 0 Å². The van der Waals surface area contributed by atoms with E-state index in [1.807, 2.05) is 73.7 Å². The molecule has 0 saturated carbocycles. The Hall–Kier alpha value is -2.72. The Labute approximate surface area is 136 Å². The Balaban J connectivity index is 1.84. The summed E-state index contributed by atoms with van der Waals surface area (Å²) in [6.45, 7) is 2.01. The quantitative estimate of drug-likeness (QED) is 0.567. The minimum Gasteiger partial charge on any atom is -0.267 e. The van der Waals surface area contributed by atoms with Gasteiger partial charge in [0.05, 0.1) is 15.6 Å². The van der Waals surface area contributed by atoms with Gasteiger partial charge in [-0.15, -0.1) is 0 Å². The maximum atomic E-state index is 12.6. The van der Waals surface area contributed by atoms with Gasteiger partial charge in [-0.3, -0.25) is 4.79 Å². The lowest BCUT2D eigenvalue weighted by atomic mass is 10.2. The summed E-state index contributed by atoms with van der Waals surface area (Å²) in [5.41, 5.74) is 3.98. The number of fused-ring (bicyclic) bond motifs is 3. The molecule has 3 nitrogen and oxygen atoms in total. The Bertz CT molecular complexity index is 1140. The molecule has 0 radical (unpaired) electrons. The molecule has 0 saturated heterocycles. The highest BCUT2D eigenvalue weighted by Gasteiger charge is 2.11. The molecule has 4 heteroatoms. The van der Waals surface area contributed by atoms with Gasteiger partial charge in [0.2, 0.25) is 0 Å². The summed E-state index contributed by atoms with van der Waals surface area (Å²) in [7, 11) is 0. The number of benzene rings is 2. The first-order chi connectivity index (χ1) is 11.2. The Morgan fingerprint density at radius 3 is 2.74 bits per heavy atom. The van der Waals surface area contributed by atoms with Gasteiger partial charge in [0, 0.05) is 0 Å². The van der Waals surface area contributed by atoms with E-state index in [2.05, 4.69) is 4.98 Å². The number of aryl methyl sites for hydroxylation is 1. The molecule has 0 bridgehead atoms. The molecule has 2 aromatic carbocycles. The van der Waals surface area contributed by atoms with Crippen LogP contribution in [0.5, 0.6) is 0 Å².